The number of halogens is 1. The molecular formula is C13H17ClOS2. The maximum absolute atomic E-state index is 10.9. The molecule has 1 N–H and O–H groups in total. The monoisotopic (exact) mass is 288 g/mol. The van der Waals surface area contributed by atoms with E-state index in [0.29, 0.717) is 5.02 Å². The van der Waals surface area contributed by atoms with E-state index in [1.165, 1.54) is 6.42 Å². The smallest absolute Gasteiger partial charge is 0.110 e. The van der Waals surface area contributed by atoms with Crippen LogP contribution in [0.1, 0.15) is 25.8 Å². The van der Waals surface area contributed by atoms with Crippen LogP contribution in [0, 0.1) is 0 Å². The number of benzene rings is 1. The summed E-state index contributed by atoms with van der Waals surface area (Å²) in [6.45, 7) is 4.02. The average molecular weight is 289 g/mol. The molecule has 0 aliphatic carbocycles. The van der Waals surface area contributed by atoms with E-state index < -0.39 is 5.60 Å². The van der Waals surface area contributed by atoms with Crippen molar-refractivity contribution < 1.29 is 5.11 Å². The minimum Gasteiger partial charge on any atom is -0.383 e. The highest BCUT2D eigenvalue weighted by Gasteiger charge is 2.46. The Morgan fingerprint density at radius 3 is 2.59 bits per heavy atom. The molecule has 2 rings (SSSR count). The Labute approximate surface area is 116 Å². The molecule has 0 unspecified atom stereocenters. The predicted octanol–water partition coefficient (Wildman–Crippen LogP) is 4.13. The standard InChI is InChI=1S/C13H17ClOS2/c1-12(15,10-5-3-6-11(14)9-10)13(2)16-7-4-8-17-13/h3,5-6,9,15H,4,7-8H2,1-2H3/t12-/m0/s1. The normalized spacial score (nSPS) is 23.1. The molecule has 1 saturated heterocycles. The zero-order chi connectivity index (χ0) is 12.5. The molecule has 0 amide bonds. The van der Waals surface area contributed by atoms with Gasteiger partial charge in [0.15, 0.2) is 0 Å². The number of hydrogen-bond acceptors (Lipinski definition) is 3. The van der Waals surface area contributed by atoms with Crippen LogP contribution in [-0.2, 0) is 5.60 Å². The van der Waals surface area contributed by atoms with Crippen molar-refractivity contribution in [3.05, 3.63) is 34.9 Å². The van der Waals surface area contributed by atoms with Gasteiger partial charge < -0.3 is 5.11 Å². The van der Waals surface area contributed by atoms with E-state index in [9.17, 15) is 5.11 Å². The molecule has 0 saturated carbocycles. The molecule has 1 aromatic carbocycles. The van der Waals surface area contributed by atoms with Crippen LogP contribution in [-0.4, -0.2) is 20.7 Å². The molecule has 0 bridgehead atoms. The van der Waals surface area contributed by atoms with Gasteiger partial charge in [-0.2, -0.15) is 0 Å². The summed E-state index contributed by atoms with van der Waals surface area (Å²) in [7, 11) is 0. The third-order valence-electron chi connectivity index (χ3n) is 3.31. The first-order chi connectivity index (χ1) is 7.96. The van der Waals surface area contributed by atoms with Crippen LogP contribution in [0.2, 0.25) is 5.02 Å². The topological polar surface area (TPSA) is 20.2 Å². The molecule has 17 heavy (non-hydrogen) atoms. The molecule has 1 fully saturated rings. The predicted molar refractivity (Wildman–Crippen MR) is 79.0 cm³/mol. The third kappa shape index (κ3) is 2.62. The molecular weight excluding hydrogens is 272 g/mol. The number of hydrogen-bond donors (Lipinski definition) is 1. The third-order valence-corrected chi connectivity index (χ3v) is 7.14. The second kappa shape index (κ2) is 5.04. The summed E-state index contributed by atoms with van der Waals surface area (Å²) < 4.78 is -0.198. The largest absolute Gasteiger partial charge is 0.383 e. The first-order valence-corrected chi connectivity index (χ1v) is 8.07. The summed E-state index contributed by atoms with van der Waals surface area (Å²) >= 11 is 9.70. The highest BCUT2D eigenvalue weighted by atomic mass is 35.5. The van der Waals surface area contributed by atoms with Crippen LogP contribution < -0.4 is 0 Å². The van der Waals surface area contributed by atoms with Crippen molar-refractivity contribution in [2.75, 3.05) is 11.5 Å². The van der Waals surface area contributed by atoms with Gasteiger partial charge in [0.25, 0.3) is 0 Å². The SMILES string of the molecule is CC1([C@@](C)(O)c2cccc(Cl)c2)SCCCS1. The molecule has 0 aromatic heterocycles. The van der Waals surface area contributed by atoms with Gasteiger partial charge in [0.2, 0.25) is 0 Å². The molecule has 1 atom stereocenters. The molecule has 4 heteroatoms. The molecule has 1 aliphatic rings. The molecule has 1 aliphatic heterocycles. The van der Waals surface area contributed by atoms with E-state index >= 15 is 0 Å². The molecule has 1 nitrogen and oxygen atoms in total. The molecule has 1 heterocycles. The van der Waals surface area contributed by atoms with Crippen LogP contribution in [0.15, 0.2) is 24.3 Å². The highest BCUT2D eigenvalue weighted by molar-refractivity contribution is 8.18. The lowest BCUT2D eigenvalue weighted by Crippen LogP contribution is -2.44. The number of rotatable bonds is 2. The highest BCUT2D eigenvalue weighted by Crippen LogP contribution is 2.53. The molecule has 94 valence electrons. The average Bonchev–Trinajstić information content (AvgIpc) is 2.30. The fourth-order valence-corrected chi connectivity index (χ4v) is 5.33. The van der Waals surface area contributed by atoms with Gasteiger partial charge in [0.05, 0.1) is 4.08 Å². The summed E-state index contributed by atoms with van der Waals surface area (Å²) in [5, 5.41) is 11.6. The Morgan fingerprint density at radius 1 is 1.35 bits per heavy atom. The van der Waals surface area contributed by atoms with Gasteiger partial charge in [0.1, 0.15) is 5.60 Å². The molecule has 1 aromatic rings. The minimum atomic E-state index is -0.867. The number of aliphatic hydroxyl groups is 1. The quantitative estimate of drug-likeness (QED) is 0.883. The summed E-state index contributed by atoms with van der Waals surface area (Å²) in [6, 6.07) is 7.55. The first kappa shape index (κ1) is 13.6. The minimum absolute atomic E-state index is 0.198. The first-order valence-electron chi connectivity index (χ1n) is 5.72. The van der Waals surface area contributed by atoms with Gasteiger partial charge in [-0.15, -0.1) is 23.5 Å². The van der Waals surface area contributed by atoms with Gasteiger partial charge in [-0.25, -0.2) is 0 Å². The zero-order valence-electron chi connectivity index (χ0n) is 10.1. The van der Waals surface area contributed by atoms with Gasteiger partial charge >= 0.3 is 0 Å². The van der Waals surface area contributed by atoms with Crippen LogP contribution in [0.4, 0.5) is 0 Å². The van der Waals surface area contributed by atoms with Gasteiger partial charge in [-0.3, -0.25) is 0 Å². The Balaban J connectivity index is 2.34. The van der Waals surface area contributed by atoms with Gasteiger partial charge in [0, 0.05) is 5.02 Å². The van der Waals surface area contributed by atoms with Crippen LogP contribution >= 0.6 is 35.1 Å². The van der Waals surface area contributed by atoms with Crippen molar-refractivity contribution in [1.29, 1.82) is 0 Å². The Hall–Kier alpha value is 0.170. The fraction of sp³-hybridized carbons (Fsp3) is 0.538. The van der Waals surface area contributed by atoms with E-state index in [1.807, 2.05) is 54.7 Å². The Morgan fingerprint density at radius 2 is 2.00 bits per heavy atom. The van der Waals surface area contributed by atoms with Gasteiger partial charge in [-0.1, -0.05) is 23.7 Å². The van der Waals surface area contributed by atoms with Crippen molar-refractivity contribution in [2.45, 2.75) is 29.9 Å². The van der Waals surface area contributed by atoms with E-state index in [1.54, 1.807) is 0 Å². The van der Waals surface area contributed by atoms with Gasteiger partial charge in [-0.05, 0) is 49.5 Å². The Bertz CT molecular complexity index is 400. The van der Waals surface area contributed by atoms with E-state index in [-0.39, 0.29) is 4.08 Å². The lowest BCUT2D eigenvalue weighted by Gasteiger charge is -2.44. The van der Waals surface area contributed by atoms with Crippen LogP contribution in [0.3, 0.4) is 0 Å². The maximum atomic E-state index is 10.9. The number of thioether (sulfide) groups is 2. The van der Waals surface area contributed by atoms with Crippen molar-refractivity contribution in [3.63, 3.8) is 0 Å². The van der Waals surface area contributed by atoms with Crippen molar-refractivity contribution >= 4 is 35.1 Å². The second-order valence-electron chi connectivity index (χ2n) is 4.58. The molecule has 0 spiro atoms. The molecule has 0 radical (unpaired) electrons. The second-order valence-corrected chi connectivity index (χ2v) is 8.30. The van der Waals surface area contributed by atoms with Crippen molar-refractivity contribution in [1.82, 2.24) is 0 Å². The summed E-state index contributed by atoms with van der Waals surface area (Å²) in [6.07, 6.45) is 1.22. The Kier molecular flexibility index (Phi) is 4.03. The zero-order valence-corrected chi connectivity index (χ0v) is 12.5. The lowest BCUT2D eigenvalue weighted by molar-refractivity contribution is 0.0487. The lowest BCUT2D eigenvalue weighted by atomic mass is 9.92. The summed E-state index contributed by atoms with van der Waals surface area (Å²) in [5.41, 5.74) is 0.0302. The maximum Gasteiger partial charge on any atom is 0.110 e. The van der Waals surface area contributed by atoms with E-state index in [4.69, 9.17) is 11.6 Å². The van der Waals surface area contributed by atoms with Crippen LogP contribution in [0.5, 0.6) is 0 Å². The summed E-state index contributed by atoms with van der Waals surface area (Å²) in [4.78, 5) is 0. The van der Waals surface area contributed by atoms with E-state index in [2.05, 4.69) is 6.92 Å². The fourth-order valence-electron chi connectivity index (χ4n) is 1.97. The van der Waals surface area contributed by atoms with Crippen molar-refractivity contribution in [2.24, 2.45) is 0 Å². The van der Waals surface area contributed by atoms with Crippen molar-refractivity contribution in [3.8, 4) is 0 Å². The van der Waals surface area contributed by atoms with E-state index in [0.717, 1.165) is 17.1 Å². The van der Waals surface area contributed by atoms with Crippen LogP contribution in [0.25, 0.3) is 0 Å². The summed E-state index contributed by atoms with van der Waals surface area (Å²) in [5.74, 6) is 2.22.